The Morgan fingerprint density at radius 1 is 1.32 bits per heavy atom. The summed E-state index contributed by atoms with van der Waals surface area (Å²) in [5.41, 5.74) is 7.53. The van der Waals surface area contributed by atoms with Crippen molar-refractivity contribution in [2.75, 3.05) is 25.4 Å². The highest BCUT2D eigenvalue weighted by Gasteiger charge is 2.11. The van der Waals surface area contributed by atoms with Crippen LogP contribution in [0.1, 0.15) is 37.9 Å². The summed E-state index contributed by atoms with van der Waals surface area (Å²) in [4.78, 5) is 3.50. The average molecular weight is 284 g/mol. The van der Waals surface area contributed by atoms with Gasteiger partial charge in [0.2, 0.25) is 0 Å². The Bertz CT molecular complexity index is 403. The first-order chi connectivity index (χ1) is 8.99. The van der Waals surface area contributed by atoms with E-state index < -0.39 is 0 Å². The third-order valence-corrected chi connectivity index (χ3v) is 4.39. The van der Waals surface area contributed by atoms with Gasteiger partial charge in [-0.15, -0.1) is 11.8 Å². The van der Waals surface area contributed by atoms with E-state index >= 15 is 0 Å². The summed E-state index contributed by atoms with van der Waals surface area (Å²) in [5.74, 6) is 0.840. The fourth-order valence-electron chi connectivity index (χ4n) is 1.98. The lowest BCUT2D eigenvalue weighted by atomic mass is 10.1. The van der Waals surface area contributed by atoms with Gasteiger partial charge >= 0.3 is 0 Å². The van der Waals surface area contributed by atoms with Gasteiger partial charge in [-0.1, -0.05) is 13.8 Å². The largest absolute Gasteiger partial charge is 0.324 e. The quantitative estimate of drug-likeness (QED) is 0.776. The number of halogens is 1. The molecular weight excluding hydrogens is 259 g/mol. The van der Waals surface area contributed by atoms with Crippen LogP contribution in [0.25, 0.3) is 0 Å². The lowest BCUT2D eigenvalue weighted by Gasteiger charge is -2.19. The average Bonchev–Trinajstić information content (AvgIpc) is 2.38. The molecule has 4 heteroatoms. The molecule has 0 radical (unpaired) electrons. The lowest BCUT2D eigenvalue weighted by molar-refractivity contribution is 0.324. The van der Waals surface area contributed by atoms with Crippen LogP contribution in [0.2, 0.25) is 0 Å². The Hall–Kier alpha value is -0.580. The molecule has 1 aromatic rings. The van der Waals surface area contributed by atoms with Crippen molar-refractivity contribution in [1.82, 2.24) is 4.90 Å². The minimum absolute atomic E-state index is 0.133. The van der Waals surface area contributed by atoms with Crippen molar-refractivity contribution in [2.45, 2.75) is 38.6 Å². The summed E-state index contributed by atoms with van der Waals surface area (Å²) < 4.78 is 13.6. The molecule has 19 heavy (non-hydrogen) atoms. The van der Waals surface area contributed by atoms with Gasteiger partial charge in [0.05, 0.1) is 0 Å². The molecule has 1 aromatic carbocycles. The van der Waals surface area contributed by atoms with Crippen LogP contribution < -0.4 is 5.73 Å². The van der Waals surface area contributed by atoms with E-state index in [0.717, 1.165) is 35.8 Å². The maximum Gasteiger partial charge on any atom is 0.126 e. The van der Waals surface area contributed by atoms with Crippen LogP contribution in [0, 0.1) is 12.7 Å². The van der Waals surface area contributed by atoms with Crippen molar-refractivity contribution < 1.29 is 4.39 Å². The summed E-state index contributed by atoms with van der Waals surface area (Å²) in [6.07, 6.45) is 0. The van der Waals surface area contributed by atoms with E-state index in [4.69, 9.17) is 5.73 Å². The first-order valence-electron chi connectivity index (χ1n) is 6.90. The zero-order valence-electron chi connectivity index (χ0n) is 12.4. The van der Waals surface area contributed by atoms with Crippen LogP contribution in [-0.4, -0.2) is 30.3 Å². The second-order valence-electron chi connectivity index (χ2n) is 4.80. The van der Waals surface area contributed by atoms with Gasteiger partial charge in [0.25, 0.3) is 0 Å². The third-order valence-electron chi connectivity index (χ3n) is 3.34. The molecule has 0 aliphatic carbocycles. The number of rotatable bonds is 7. The van der Waals surface area contributed by atoms with E-state index in [1.807, 2.05) is 13.0 Å². The van der Waals surface area contributed by atoms with Gasteiger partial charge in [-0.2, -0.15) is 0 Å². The van der Waals surface area contributed by atoms with E-state index in [1.165, 1.54) is 0 Å². The molecule has 0 bridgehead atoms. The first kappa shape index (κ1) is 16.5. The van der Waals surface area contributed by atoms with Gasteiger partial charge in [-0.25, -0.2) is 4.39 Å². The van der Waals surface area contributed by atoms with Gasteiger partial charge in [-0.05, 0) is 50.2 Å². The third kappa shape index (κ3) is 4.79. The highest BCUT2D eigenvalue weighted by atomic mass is 32.2. The first-order valence-corrected chi connectivity index (χ1v) is 7.88. The Labute approximate surface area is 120 Å². The van der Waals surface area contributed by atoms with Gasteiger partial charge in [0.1, 0.15) is 5.82 Å². The number of nitrogens with zero attached hydrogens (tertiary/aromatic N) is 1. The van der Waals surface area contributed by atoms with Crippen LogP contribution in [0.15, 0.2) is 17.0 Å². The molecule has 0 saturated heterocycles. The fourth-order valence-corrected chi connectivity index (χ4v) is 3.22. The Kier molecular flexibility index (Phi) is 6.83. The van der Waals surface area contributed by atoms with Crippen molar-refractivity contribution in [1.29, 1.82) is 0 Å². The number of benzene rings is 1. The summed E-state index contributed by atoms with van der Waals surface area (Å²) >= 11 is 1.77. The van der Waals surface area contributed by atoms with Crippen LogP contribution in [0.5, 0.6) is 0 Å². The smallest absolute Gasteiger partial charge is 0.126 e. The molecule has 0 saturated carbocycles. The van der Waals surface area contributed by atoms with E-state index in [0.29, 0.717) is 5.56 Å². The molecular formula is C15H25FN2S. The molecule has 0 aliphatic rings. The van der Waals surface area contributed by atoms with E-state index in [9.17, 15) is 4.39 Å². The van der Waals surface area contributed by atoms with Crippen molar-refractivity contribution >= 4 is 11.8 Å². The normalized spacial score (nSPS) is 13.0. The van der Waals surface area contributed by atoms with Crippen LogP contribution >= 0.6 is 11.8 Å². The summed E-state index contributed by atoms with van der Waals surface area (Å²) in [5, 5.41) is 0. The van der Waals surface area contributed by atoms with E-state index in [2.05, 4.69) is 18.7 Å². The minimum Gasteiger partial charge on any atom is -0.324 e. The summed E-state index contributed by atoms with van der Waals surface area (Å²) in [7, 11) is 0. The van der Waals surface area contributed by atoms with Crippen molar-refractivity contribution in [3.8, 4) is 0 Å². The molecule has 1 rings (SSSR count). The van der Waals surface area contributed by atoms with Crippen molar-refractivity contribution in [3.05, 3.63) is 29.1 Å². The Morgan fingerprint density at radius 2 is 1.95 bits per heavy atom. The maximum absolute atomic E-state index is 13.6. The molecule has 1 atom stereocenters. The number of hydrogen-bond acceptors (Lipinski definition) is 3. The predicted molar refractivity (Wildman–Crippen MR) is 82.3 cm³/mol. The van der Waals surface area contributed by atoms with E-state index in [1.54, 1.807) is 24.8 Å². The monoisotopic (exact) mass is 284 g/mol. The molecule has 1 unspecified atom stereocenters. The SMILES string of the molecule is CCN(CC)CCSc1cc(C)c(F)cc1C(C)N. The molecule has 0 heterocycles. The molecule has 0 aliphatic heterocycles. The molecule has 2 N–H and O–H groups in total. The highest BCUT2D eigenvalue weighted by molar-refractivity contribution is 7.99. The van der Waals surface area contributed by atoms with E-state index in [-0.39, 0.29) is 11.9 Å². The Morgan fingerprint density at radius 3 is 2.47 bits per heavy atom. The fraction of sp³-hybridized carbons (Fsp3) is 0.600. The van der Waals surface area contributed by atoms with Gasteiger partial charge in [-0.3, -0.25) is 0 Å². The Balaban J connectivity index is 2.74. The second kappa shape index (κ2) is 7.88. The summed E-state index contributed by atoms with van der Waals surface area (Å²) in [6.45, 7) is 11.2. The lowest BCUT2D eigenvalue weighted by Crippen LogP contribution is -2.25. The van der Waals surface area contributed by atoms with Crippen LogP contribution in [0.3, 0.4) is 0 Å². The number of hydrogen-bond donors (Lipinski definition) is 1. The number of nitrogens with two attached hydrogens (primary N) is 1. The van der Waals surface area contributed by atoms with Crippen molar-refractivity contribution in [2.24, 2.45) is 5.73 Å². The second-order valence-corrected chi connectivity index (χ2v) is 5.94. The predicted octanol–water partition coefficient (Wildman–Crippen LogP) is 3.59. The minimum atomic E-state index is -0.166. The highest BCUT2D eigenvalue weighted by Crippen LogP contribution is 2.29. The number of thioether (sulfide) groups is 1. The molecule has 0 fully saturated rings. The maximum atomic E-state index is 13.6. The number of aryl methyl sites for hydroxylation is 1. The zero-order chi connectivity index (χ0) is 14.4. The molecule has 0 spiro atoms. The molecule has 0 aromatic heterocycles. The van der Waals surface area contributed by atoms with Gasteiger partial charge in [0.15, 0.2) is 0 Å². The molecule has 108 valence electrons. The van der Waals surface area contributed by atoms with Crippen LogP contribution in [-0.2, 0) is 0 Å². The van der Waals surface area contributed by atoms with Gasteiger partial charge in [0, 0.05) is 23.2 Å². The summed E-state index contributed by atoms with van der Waals surface area (Å²) in [6, 6.07) is 3.37. The molecule has 0 amide bonds. The molecule has 2 nitrogen and oxygen atoms in total. The standard InChI is InChI=1S/C15H25FN2S/c1-5-18(6-2)7-8-19-15-9-11(3)14(16)10-13(15)12(4)17/h9-10,12H,5-8,17H2,1-4H3. The van der Waals surface area contributed by atoms with Gasteiger partial charge < -0.3 is 10.6 Å². The topological polar surface area (TPSA) is 29.3 Å². The zero-order valence-corrected chi connectivity index (χ0v) is 13.2. The van der Waals surface area contributed by atoms with Crippen LogP contribution in [0.4, 0.5) is 4.39 Å². The van der Waals surface area contributed by atoms with Crippen molar-refractivity contribution in [3.63, 3.8) is 0 Å².